The SMILES string of the molecule is CCOc1ccccc1CNC(=NC)NCc1ccc(-n2ccnc2C)c(F)c1. The Morgan fingerprint density at radius 2 is 1.97 bits per heavy atom. The summed E-state index contributed by atoms with van der Waals surface area (Å²) in [4.78, 5) is 8.37. The number of ether oxygens (including phenoxy) is 1. The molecule has 0 amide bonds. The standard InChI is InChI=1S/C22H26FN5O/c1-4-29-21-8-6-5-7-18(21)15-27-22(24-3)26-14-17-9-10-20(19(23)13-17)28-12-11-25-16(28)2/h5-13H,4,14-15H2,1-3H3,(H2,24,26,27). The first-order valence-electron chi connectivity index (χ1n) is 9.56. The minimum atomic E-state index is -0.293. The smallest absolute Gasteiger partial charge is 0.191 e. The Labute approximate surface area is 170 Å². The Kier molecular flexibility index (Phi) is 6.84. The van der Waals surface area contributed by atoms with Gasteiger partial charge in [-0.2, -0.15) is 0 Å². The van der Waals surface area contributed by atoms with Crippen molar-refractivity contribution >= 4 is 5.96 Å². The second kappa shape index (κ2) is 9.73. The number of imidazole rings is 1. The van der Waals surface area contributed by atoms with Crippen molar-refractivity contribution in [2.24, 2.45) is 4.99 Å². The van der Waals surface area contributed by atoms with E-state index in [1.807, 2.05) is 44.2 Å². The van der Waals surface area contributed by atoms with Gasteiger partial charge in [0.15, 0.2) is 5.96 Å². The largest absolute Gasteiger partial charge is 0.494 e. The molecule has 0 unspecified atom stereocenters. The van der Waals surface area contributed by atoms with Crippen LogP contribution >= 0.6 is 0 Å². The average molecular weight is 395 g/mol. The molecule has 1 aromatic heterocycles. The Hall–Kier alpha value is -3.35. The number of aliphatic imine (C=N–C) groups is 1. The summed E-state index contributed by atoms with van der Waals surface area (Å²) in [6, 6.07) is 13.1. The summed E-state index contributed by atoms with van der Waals surface area (Å²) in [5, 5.41) is 6.48. The van der Waals surface area contributed by atoms with E-state index in [2.05, 4.69) is 20.6 Å². The quantitative estimate of drug-likeness (QED) is 0.474. The number of nitrogens with zero attached hydrogens (tertiary/aromatic N) is 3. The molecule has 0 fully saturated rings. The molecule has 152 valence electrons. The number of halogens is 1. The van der Waals surface area contributed by atoms with E-state index in [9.17, 15) is 4.39 Å². The van der Waals surface area contributed by atoms with Gasteiger partial charge in [0.2, 0.25) is 0 Å². The highest BCUT2D eigenvalue weighted by Crippen LogP contribution is 2.18. The highest BCUT2D eigenvalue weighted by molar-refractivity contribution is 5.79. The molecule has 0 bridgehead atoms. The first kappa shape index (κ1) is 20.4. The van der Waals surface area contributed by atoms with Crippen LogP contribution in [0.4, 0.5) is 4.39 Å². The van der Waals surface area contributed by atoms with E-state index in [-0.39, 0.29) is 5.82 Å². The maximum atomic E-state index is 14.5. The molecule has 0 aliphatic rings. The van der Waals surface area contributed by atoms with Gasteiger partial charge in [-0.25, -0.2) is 9.37 Å². The minimum absolute atomic E-state index is 0.293. The molecule has 0 aliphatic heterocycles. The molecular weight excluding hydrogens is 369 g/mol. The van der Waals surface area contributed by atoms with Crippen molar-refractivity contribution in [1.82, 2.24) is 20.2 Å². The fourth-order valence-corrected chi connectivity index (χ4v) is 3.02. The summed E-state index contributed by atoms with van der Waals surface area (Å²) in [5.74, 6) is 1.93. The van der Waals surface area contributed by atoms with E-state index in [0.29, 0.717) is 31.3 Å². The van der Waals surface area contributed by atoms with Crippen molar-refractivity contribution in [3.8, 4) is 11.4 Å². The first-order valence-corrected chi connectivity index (χ1v) is 9.56. The number of guanidine groups is 1. The van der Waals surface area contributed by atoms with Crippen LogP contribution in [0.2, 0.25) is 0 Å². The first-order chi connectivity index (χ1) is 14.1. The Morgan fingerprint density at radius 1 is 1.17 bits per heavy atom. The molecule has 0 aliphatic carbocycles. The van der Waals surface area contributed by atoms with E-state index in [1.165, 1.54) is 6.07 Å². The number of nitrogens with one attached hydrogen (secondary N) is 2. The van der Waals surface area contributed by atoms with E-state index in [1.54, 1.807) is 30.1 Å². The summed E-state index contributed by atoms with van der Waals surface area (Å²) in [7, 11) is 1.70. The molecule has 0 saturated carbocycles. The molecule has 1 heterocycles. The minimum Gasteiger partial charge on any atom is -0.494 e. The molecule has 3 rings (SSSR count). The number of rotatable bonds is 7. The van der Waals surface area contributed by atoms with Crippen molar-refractivity contribution < 1.29 is 9.13 Å². The van der Waals surface area contributed by atoms with Crippen LogP contribution in [0.25, 0.3) is 5.69 Å². The Morgan fingerprint density at radius 3 is 2.66 bits per heavy atom. The molecule has 2 aromatic carbocycles. The van der Waals surface area contributed by atoms with Gasteiger partial charge in [-0.1, -0.05) is 24.3 Å². The summed E-state index contributed by atoms with van der Waals surface area (Å²) in [6.07, 6.45) is 3.40. The molecule has 0 saturated heterocycles. The highest BCUT2D eigenvalue weighted by atomic mass is 19.1. The summed E-state index contributed by atoms with van der Waals surface area (Å²) in [6.45, 7) is 5.44. The Balaban J connectivity index is 1.60. The van der Waals surface area contributed by atoms with Gasteiger partial charge in [-0.3, -0.25) is 4.99 Å². The van der Waals surface area contributed by atoms with Gasteiger partial charge in [0.25, 0.3) is 0 Å². The number of hydrogen-bond donors (Lipinski definition) is 2. The van der Waals surface area contributed by atoms with Crippen LogP contribution in [0.1, 0.15) is 23.9 Å². The van der Waals surface area contributed by atoms with Crippen LogP contribution in [-0.2, 0) is 13.1 Å². The lowest BCUT2D eigenvalue weighted by atomic mass is 10.2. The Bertz CT molecular complexity index is 983. The van der Waals surface area contributed by atoms with Gasteiger partial charge in [0.1, 0.15) is 17.4 Å². The maximum Gasteiger partial charge on any atom is 0.191 e. The molecule has 0 radical (unpaired) electrons. The van der Waals surface area contributed by atoms with Crippen LogP contribution in [-0.4, -0.2) is 29.2 Å². The topological polar surface area (TPSA) is 63.5 Å². The van der Waals surface area contributed by atoms with Crippen molar-refractivity contribution in [2.75, 3.05) is 13.7 Å². The fraction of sp³-hybridized carbons (Fsp3) is 0.273. The second-order valence-electron chi connectivity index (χ2n) is 6.45. The molecule has 0 atom stereocenters. The lowest BCUT2D eigenvalue weighted by Crippen LogP contribution is -2.36. The molecule has 0 spiro atoms. The number of para-hydroxylation sites is 1. The van der Waals surface area contributed by atoms with Gasteiger partial charge in [0, 0.05) is 38.1 Å². The number of benzene rings is 2. The third-order valence-corrected chi connectivity index (χ3v) is 4.50. The van der Waals surface area contributed by atoms with Crippen molar-refractivity contribution in [3.05, 3.63) is 77.6 Å². The molecule has 7 heteroatoms. The molecule has 29 heavy (non-hydrogen) atoms. The van der Waals surface area contributed by atoms with E-state index >= 15 is 0 Å². The van der Waals surface area contributed by atoms with Crippen LogP contribution < -0.4 is 15.4 Å². The van der Waals surface area contributed by atoms with Gasteiger partial charge >= 0.3 is 0 Å². The van der Waals surface area contributed by atoms with Gasteiger partial charge in [0.05, 0.1) is 12.3 Å². The lowest BCUT2D eigenvalue weighted by Gasteiger charge is -2.15. The highest BCUT2D eigenvalue weighted by Gasteiger charge is 2.09. The summed E-state index contributed by atoms with van der Waals surface area (Å²) < 4.78 is 21.9. The predicted octanol–water partition coefficient (Wildman–Crippen LogP) is 3.58. The van der Waals surface area contributed by atoms with Crippen molar-refractivity contribution in [3.63, 3.8) is 0 Å². The van der Waals surface area contributed by atoms with E-state index in [4.69, 9.17) is 4.74 Å². The van der Waals surface area contributed by atoms with E-state index < -0.39 is 0 Å². The van der Waals surface area contributed by atoms with E-state index in [0.717, 1.165) is 22.7 Å². The van der Waals surface area contributed by atoms with Gasteiger partial charge in [-0.15, -0.1) is 0 Å². The van der Waals surface area contributed by atoms with Crippen LogP contribution in [0.15, 0.2) is 59.9 Å². The fourth-order valence-electron chi connectivity index (χ4n) is 3.02. The molecule has 3 aromatic rings. The number of aromatic nitrogens is 2. The maximum absolute atomic E-state index is 14.5. The van der Waals surface area contributed by atoms with Crippen molar-refractivity contribution in [1.29, 1.82) is 0 Å². The second-order valence-corrected chi connectivity index (χ2v) is 6.45. The predicted molar refractivity (Wildman–Crippen MR) is 113 cm³/mol. The average Bonchev–Trinajstić information content (AvgIpc) is 3.15. The zero-order valence-corrected chi connectivity index (χ0v) is 16.9. The van der Waals surface area contributed by atoms with Crippen LogP contribution in [0, 0.1) is 12.7 Å². The lowest BCUT2D eigenvalue weighted by molar-refractivity contribution is 0.336. The van der Waals surface area contributed by atoms with Gasteiger partial charge in [-0.05, 0) is 37.6 Å². The molecule has 6 nitrogen and oxygen atoms in total. The third kappa shape index (κ3) is 5.13. The molecule has 2 N–H and O–H groups in total. The zero-order chi connectivity index (χ0) is 20.6. The summed E-state index contributed by atoms with van der Waals surface area (Å²) in [5.41, 5.74) is 2.35. The number of aryl methyl sites for hydroxylation is 1. The van der Waals surface area contributed by atoms with Crippen molar-refractivity contribution in [2.45, 2.75) is 26.9 Å². The monoisotopic (exact) mass is 395 g/mol. The third-order valence-electron chi connectivity index (χ3n) is 4.50. The van der Waals surface area contributed by atoms with Gasteiger partial charge < -0.3 is 19.9 Å². The van der Waals surface area contributed by atoms with Crippen LogP contribution in [0.3, 0.4) is 0 Å². The summed E-state index contributed by atoms with van der Waals surface area (Å²) >= 11 is 0. The molecular formula is C22H26FN5O. The normalized spacial score (nSPS) is 11.4. The zero-order valence-electron chi connectivity index (χ0n) is 16.9. The number of hydrogen-bond acceptors (Lipinski definition) is 3. The van der Waals surface area contributed by atoms with Crippen LogP contribution in [0.5, 0.6) is 5.75 Å².